The van der Waals surface area contributed by atoms with E-state index in [0.29, 0.717) is 10.8 Å². The predicted molar refractivity (Wildman–Crippen MR) is 75.3 cm³/mol. The fourth-order valence-electron chi connectivity index (χ4n) is 2.65. The lowest BCUT2D eigenvalue weighted by Gasteiger charge is -2.28. The van der Waals surface area contributed by atoms with Crippen LogP contribution in [0, 0.1) is 5.92 Å². The molecule has 0 aliphatic heterocycles. The van der Waals surface area contributed by atoms with E-state index in [4.69, 9.17) is 0 Å². The number of thioether (sulfide) groups is 1. The maximum atomic E-state index is 11.2. The second kappa shape index (κ2) is 6.28. The van der Waals surface area contributed by atoms with Gasteiger partial charge in [-0.25, -0.2) is 4.79 Å². The van der Waals surface area contributed by atoms with E-state index in [9.17, 15) is 9.90 Å². The van der Waals surface area contributed by atoms with Gasteiger partial charge in [-0.2, -0.15) is 0 Å². The number of carboxylic acids is 1. The van der Waals surface area contributed by atoms with Crippen molar-refractivity contribution in [1.82, 2.24) is 0 Å². The van der Waals surface area contributed by atoms with Gasteiger partial charge in [-0.05, 0) is 30.9 Å². The van der Waals surface area contributed by atoms with Crippen molar-refractivity contribution in [2.45, 2.75) is 49.2 Å². The highest BCUT2D eigenvalue weighted by Gasteiger charge is 2.23. The van der Waals surface area contributed by atoms with Crippen LogP contribution in [0.15, 0.2) is 29.2 Å². The number of aromatic carboxylic acids is 1. The molecule has 2 nitrogen and oxygen atoms in total. The largest absolute Gasteiger partial charge is 0.478 e. The third-order valence-corrected chi connectivity index (χ3v) is 5.09. The van der Waals surface area contributed by atoms with Gasteiger partial charge >= 0.3 is 5.97 Å². The monoisotopic (exact) mass is 264 g/mol. The molecule has 1 N–H and O–H groups in total. The van der Waals surface area contributed by atoms with Crippen molar-refractivity contribution in [3.63, 3.8) is 0 Å². The summed E-state index contributed by atoms with van der Waals surface area (Å²) in [5.74, 6) is 0.00851. The van der Waals surface area contributed by atoms with Crippen molar-refractivity contribution in [1.29, 1.82) is 0 Å². The Bertz CT molecular complexity index is 417. The van der Waals surface area contributed by atoms with Crippen molar-refractivity contribution in [3.8, 4) is 0 Å². The van der Waals surface area contributed by atoms with Gasteiger partial charge in [-0.15, -0.1) is 11.8 Å². The highest BCUT2D eigenvalue weighted by Crippen LogP contribution is 2.38. The van der Waals surface area contributed by atoms with Crippen LogP contribution in [-0.2, 0) is 0 Å². The molecule has 0 amide bonds. The van der Waals surface area contributed by atoms with Crippen LogP contribution < -0.4 is 0 Å². The van der Waals surface area contributed by atoms with Gasteiger partial charge in [0, 0.05) is 10.1 Å². The fourth-order valence-corrected chi connectivity index (χ4v) is 4.10. The van der Waals surface area contributed by atoms with Crippen LogP contribution in [0.2, 0.25) is 0 Å². The SMILES string of the molecule is CCC1CCCC(Sc2ccccc2C(=O)O)C1. The molecule has 0 bridgehead atoms. The minimum Gasteiger partial charge on any atom is -0.478 e. The van der Waals surface area contributed by atoms with Gasteiger partial charge in [-0.1, -0.05) is 38.3 Å². The smallest absolute Gasteiger partial charge is 0.336 e. The van der Waals surface area contributed by atoms with E-state index < -0.39 is 5.97 Å². The number of carbonyl (C=O) groups is 1. The normalized spacial score (nSPS) is 23.8. The molecule has 2 unspecified atom stereocenters. The zero-order chi connectivity index (χ0) is 13.0. The molecule has 3 heteroatoms. The topological polar surface area (TPSA) is 37.3 Å². The minimum absolute atomic E-state index is 0.445. The zero-order valence-electron chi connectivity index (χ0n) is 10.8. The molecule has 0 heterocycles. The van der Waals surface area contributed by atoms with Gasteiger partial charge in [0.1, 0.15) is 0 Å². The standard InChI is InChI=1S/C15H20O2S/c1-2-11-6-5-7-12(10-11)18-14-9-4-3-8-13(14)15(16)17/h3-4,8-9,11-12H,2,5-7,10H2,1H3,(H,16,17). The minimum atomic E-state index is -0.819. The first-order chi connectivity index (χ1) is 8.70. The average Bonchev–Trinajstić information content (AvgIpc) is 2.39. The highest BCUT2D eigenvalue weighted by molar-refractivity contribution is 8.00. The van der Waals surface area contributed by atoms with E-state index >= 15 is 0 Å². The van der Waals surface area contributed by atoms with Crippen molar-refractivity contribution >= 4 is 17.7 Å². The van der Waals surface area contributed by atoms with Gasteiger partial charge in [0.15, 0.2) is 0 Å². The van der Waals surface area contributed by atoms with Crippen LogP contribution in [0.4, 0.5) is 0 Å². The summed E-state index contributed by atoms with van der Waals surface area (Å²) in [7, 11) is 0. The molecule has 1 aliphatic rings. The summed E-state index contributed by atoms with van der Waals surface area (Å²) in [6, 6.07) is 7.35. The summed E-state index contributed by atoms with van der Waals surface area (Å²) in [6.07, 6.45) is 6.32. The molecule has 2 atom stereocenters. The Hall–Kier alpha value is -0.960. The van der Waals surface area contributed by atoms with E-state index in [1.165, 1.54) is 32.1 Å². The number of rotatable bonds is 4. The Labute approximate surface area is 113 Å². The molecule has 0 aromatic heterocycles. The molecule has 1 aliphatic carbocycles. The van der Waals surface area contributed by atoms with Gasteiger partial charge in [0.2, 0.25) is 0 Å². The molecule has 1 fully saturated rings. The van der Waals surface area contributed by atoms with Crippen LogP contribution in [0.3, 0.4) is 0 Å². The Morgan fingerprint density at radius 1 is 1.39 bits per heavy atom. The van der Waals surface area contributed by atoms with E-state index in [-0.39, 0.29) is 0 Å². The van der Waals surface area contributed by atoms with Gasteiger partial charge in [0.25, 0.3) is 0 Å². The van der Waals surface area contributed by atoms with Crippen LogP contribution in [0.1, 0.15) is 49.4 Å². The molecular formula is C15H20O2S. The van der Waals surface area contributed by atoms with Gasteiger partial charge in [-0.3, -0.25) is 0 Å². The molecule has 1 aromatic rings. The summed E-state index contributed by atoms with van der Waals surface area (Å²) in [6.45, 7) is 2.25. The van der Waals surface area contributed by atoms with Gasteiger partial charge in [0.05, 0.1) is 5.56 Å². The second-order valence-corrected chi connectivity index (χ2v) is 6.32. The van der Waals surface area contributed by atoms with Crippen molar-refractivity contribution in [2.75, 3.05) is 0 Å². The first-order valence-corrected chi connectivity index (χ1v) is 7.57. The van der Waals surface area contributed by atoms with E-state index in [0.717, 1.165) is 10.8 Å². The van der Waals surface area contributed by atoms with Crippen molar-refractivity contribution < 1.29 is 9.90 Å². The van der Waals surface area contributed by atoms with E-state index in [1.54, 1.807) is 23.9 Å². The fraction of sp³-hybridized carbons (Fsp3) is 0.533. The first-order valence-electron chi connectivity index (χ1n) is 6.69. The maximum Gasteiger partial charge on any atom is 0.336 e. The van der Waals surface area contributed by atoms with Gasteiger partial charge < -0.3 is 5.11 Å². The lowest BCUT2D eigenvalue weighted by atomic mass is 9.87. The second-order valence-electron chi connectivity index (χ2n) is 4.98. The highest BCUT2D eigenvalue weighted by atomic mass is 32.2. The summed E-state index contributed by atoms with van der Waals surface area (Å²) in [4.78, 5) is 12.1. The van der Waals surface area contributed by atoms with Crippen LogP contribution >= 0.6 is 11.8 Å². The summed E-state index contributed by atoms with van der Waals surface area (Å²) in [5, 5.41) is 9.77. The molecule has 1 aromatic carbocycles. The molecule has 0 saturated heterocycles. The quantitative estimate of drug-likeness (QED) is 0.873. The predicted octanol–water partition coefficient (Wildman–Crippen LogP) is 4.45. The van der Waals surface area contributed by atoms with Crippen LogP contribution in [0.5, 0.6) is 0 Å². The molecule has 98 valence electrons. The Balaban J connectivity index is 2.07. The lowest BCUT2D eigenvalue weighted by Crippen LogP contribution is -2.17. The zero-order valence-corrected chi connectivity index (χ0v) is 11.6. The third kappa shape index (κ3) is 3.29. The number of hydrogen-bond acceptors (Lipinski definition) is 2. The average molecular weight is 264 g/mol. The lowest BCUT2D eigenvalue weighted by molar-refractivity contribution is 0.0693. The molecule has 1 saturated carbocycles. The summed E-state index contributed by atoms with van der Waals surface area (Å²) >= 11 is 1.76. The number of carboxylic acid groups (broad SMARTS) is 1. The van der Waals surface area contributed by atoms with Crippen LogP contribution in [0.25, 0.3) is 0 Å². The number of benzene rings is 1. The molecular weight excluding hydrogens is 244 g/mol. The maximum absolute atomic E-state index is 11.2. The first kappa shape index (κ1) is 13.5. The van der Waals surface area contributed by atoms with Crippen molar-refractivity contribution in [2.24, 2.45) is 5.92 Å². The summed E-state index contributed by atoms with van der Waals surface area (Å²) < 4.78 is 0. The Kier molecular flexibility index (Phi) is 4.70. The Morgan fingerprint density at radius 2 is 2.17 bits per heavy atom. The third-order valence-electron chi connectivity index (χ3n) is 3.72. The molecule has 0 spiro atoms. The molecule has 2 rings (SSSR count). The number of hydrogen-bond donors (Lipinski definition) is 1. The summed E-state index contributed by atoms with van der Waals surface area (Å²) in [5.41, 5.74) is 0.445. The van der Waals surface area contributed by atoms with Crippen molar-refractivity contribution in [3.05, 3.63) is 29.8 Å². The van der Waals surface area contributed by atoms with E-state index in [2.05, 4.69) is 6.92 Å². The molecule has 0 radical (unpaired) electrons. The Morgan fingerprint density at radius 3 is 2.89 bits per heavy atom. The van der Waals surface area contributed by atoms with E-state index in [1.807, 2.05) is 12.1 Å². The van der Waals surface area contributed by atoms with Crippen LogP contribution in [-0.4, -0.2) is 16.3 Å². The molecule has 18 heavy (non-hydrogen) atoms.